The van der Waals surface area contributed by atoms with Gasteiger partial charge in [0.1, 0.15) is 0 Å². The molecule has 0 bridgehead atoms. The Morgan fingerprint density at radius 1 is 1.50 bits per heavy atom. The Kier molecular flexibility index (Phi) is 6.06. The summed E-state index contributed by atoms with van der Waals surface area (Å²) in [6.07, 6.45) is 4.42. The van der Waals surface area contributed by atoms with Crippen molar-refractivity contribution in [1.29, 1.82) is 0 Å². The lowest BCUT2D eigenvalue weighted by Crippen LogP contribution is -2.26. The van der Waals surface area contributed by atoms with E-state index < -0.39 is 6.10 Å². The van der Waals surface area contributed by atoms with Crippen LogP contribution in [0.25, 0.3) is 0 Å². The van der Waals surface area contributed by atoms with Crippen molar-refractivity contribution in [3.8, 4) is 12.3 Å². The molecule has 0 aromatic heterocycles. The van der Waals surface area contributed by atoms with Crippen molar-refractivity contribution in [2.24, 2.45) is 0 Å². The molecule has 3 N–H and O–H groups in total. The van der Waals surface area contributed by atoms with Crippen molar-refractivity contribution in [1.82, 2.24) is 5.32 Å². The Bertz CT molecular complexity index is 443. The lowest BCUT2D eigenvalue weighted by Gasteiger charge is -2.13. The van der Waals surface area contributed by atoms with Crippen molar-refractivity contribution >= 4 is 23.2 Å². The van der Waals surface area contributed by atoms with E-state index >= 15 is 0 Å². The summed E-state index contributed by atoms with van der Waals surface area (Å²) >= 11 is 5.50. The van der Waals surface area contributed by atoms with Crippen molar-refractivity contribution in [2.75, 3.05) is 24.3 Å². The standard InChI is InChI=1S/C13H15ClN2O2/c1-2-7-15-13(18)11-5-3-4-6-12(11)16-9-10(17)8-14/h1,3-6,10,16-17H,7-9H2,(H,15,18). The van der Waals surface area contributed by atoms with Gasteiger partial charge in [0.2, 0.25) is 0 Å². The van der Waals surface area contributed by atoms with E-state index in [0.29, 0.717) is 11.3 Å². The smallest absolute Gasteiger partial charge is 0.254 e. The minimum Gasteiger partial charge on any atom is -0.390 e. The molecule has 0 fully saturated rings. The fraction of sp³-hybridized carbons (Fsp3) is 0.308. The molecule has 18 heavy (non-hydrogen) atoms. The van der Waals surface area contributed by atoms with Gasteiger partial charge in [-0.1, -0.05) is 18.1 Å². The van der Waals surface area contributed by atoms with Crippen LogP contribution < -0.4 is 10.6 Å². The van der Waals surface area contributed by atoms with Gasteiger partial charge in [-0.05, 0) is 12.1 Å². The molecule has 0 aliphatic carbocycles. The van der Waals surface area contributed by atoms with Crippen LogP contribution in [0.15, 0.2) is 24.3 Å². The summed E-state index contributed by atoms with van der Waals surface area (Å²) in [7, 11) is 0. The number of rotatable bonds is 6. The van der Waals surface area contributed by atoms with Crippen LogP contribution in [0, 0.1) is 12.3 Å². The van der Waals surface area contributed by atoms with E-state index in [-0.39, 0.29) is 24.9 Å². The summed E-state index contributed by atoms with van der Waals surface area (Å²) in [5.41, 5.74) is 1.12. The maximum Gasteiger partial charge on any atom is 0.254 e. The van der Waals surface area contributed by atoms with Crippen LogP contribution in [0.3, 0.4) is 0 Å². The number of carbonyl (C=O) groups is 1. The lowest BCUT2D eigenvalue weighted by atomic mass is 10.1. The monoisotopic (exact) mass is 266 g/mol. The molecule has 0 spiro atoms. The first-order valence-corrected chi connectivity index (χ1v) is 6.01. The Morgan fingerprint density at radius 3 is 2.89 bits per heavy atom. The zero-order valence-corrected chi connectivity index (χ0v) is 10.6. The minimum absolute atomic E-state index is 0.137. The fourth-order valence-corrected chi connectivity index (χ4v) is 1.45. The minimum atomic E-state index is -0.659. The molecule has 0 radical (unpaired) electrons. The topological polar surface area (TPSA) is 61.4 Å². The van der Waals surface area contributed by atoms with Gasteiger partial charge in [-0.15, -0.1) is 18.0 Å². The second-order valence-electron chi connectivity index (χ2n) is 3.62. The highest BCUT2D eigenvalue weighted by Gasteiger charge is 2.10. The molecule has 4 nitrogen and oxygen atoms in total. The second-order valence-corrected chi connectivity index (χ2v) is 3.93. The SMILES string of the molecule is C#CCNC(=O)c1ccccc1NCC(O)CCl. The number of para-hydroxylation sites is 1. The molecule has 1 aromatic carbocycles. The van der Waals surface area contributed by atoms with Crippen LogP contribution in [-0.4, -0.2) is 36.1 Å². The normalized spacial score (nSPS) is 11.4. The fourth-order valence-electron chi connectivity index (χ4n) is 1.34. The molecular weight excluding hydrogens is 252 g/mol. The summed E-state index contributed by atoms with van der Waals surface area (Å²) < 4.78 is 0. The van der Waals surface area contributed by atoms with Crippen LogP contribution in [0.1, 0.15) is 10.4 Å². The van der Waals surface area contributed by atoms with Crippen molar-refractivity contribution in [3.05, 3.63) is 29.8 Å². The molecule has 5 heteroatoms. The number of carbonyl (C=O) groups excluding carboxylic acids is 1. The molecule has 0 aliphatic heterocycles. The molecule has 1 unspecified atom stereocenters. The molecule has 1 amide bonds. The number of terminal acetylenes is 1. The Labute approximate surface area is 111 Å². The van der Waals surface area contributed by atoms with Gasteiger partial charge in [0.05, 0.1) is 24.1 Å². The summed E-state index contributed by atoms with van der Waals surface area (Å²) in [5.74, 6) is 2.22. The molecule has 0 saturated heterocycles. The predicted molar refractivity (Wildman–Crippen MR) is 72.8 cm³/mol. The van der Waals surface area contributed by atoms with Crippen LogP contribution >= 0.6 is 11.6 Å². The highest BCUT2D eigenvalue weighted by Crippen LogP contribution is 2.14. The molecule has 96 valence electrons. The van der Waals surface area contributed by atoms with E-state index in [2.05, 4.69) is 16.6 Å². The van der Waals surface area contributed by atoms with E-state index in [1.165, 1.54) is 0 Å². The van der Waals surface area contributed by atoms with Gasteiger partial charge >= 0.3 is 0 Å². The average Bonchev–Trinajstić information content (AvgIpc) is 2.42. The first-order chi connectivity index (χ1) is 8.69. The van der Waals surface area contributed by atoms with Crippen LogP contribution in [0.2, 0.25) is 0 Å². The molecule has 0 saturated carbocycles. The number of amides is 1. The van der Waals surface area contributed by atoms with Gasteiger partial charge < -0.3 is 15.7 Å². The number of aliphatic hydroxyl groups excluding tert-OH is 1. The lowest BCUT2D eigenvalue weighted by molar-refractivity contribution is 0.0959. The number of halogens is 1. The number of hydrogen-bond acceptors (Lipinski definition) is 3. The summed E-state index contributed by atoms with van der Waals surface area (Å²) in [4.78, 5) is 11.8. The van der Waals surface area contributed by atoms with Crippen LogP contribution in [0.5, 0.6) is 0 Å². The van der Waals surface area contributed by atoms with E-state index in [4.69, 9.17) is 18.0 Å². The third-order valence-corrected chi connectivity index (χ3v) is 2.59. The average molecular weight is 267 g/mol. The Balaban J connectivity index is 2.73. The van der Waals surface area contributed by atoms with E-state index in [9.17, 15) is 9.90 Å². The largest absolute Gasteiger partial charge is 0.390 e. The molecule has 0 heterocycles. The molecule has 1 atom stereocenters. The second kappa shape index (κ2) is 7.59. The number of nitrogens with one attached hydrogen (secondary N) is 2. The van der Waals surface area contributed by atoms with Gasteiger partial charge in [-0.3, -0.25) is 4.79 Å². The van der Waals surface area contributed by atoms with Crippen molar-refractivity contribution in [3.63, 3.8) is 0 Å². The highest BCUT2D eigenvalue weighted by molar-refractivity contribution is 6.18. The Hall–Kier alpha value is -1.70. The first kappa shape index (κ1) is 14.4. The van der Waals surface area contributed by atoms with E-state index in [0.717, 1.165) is 0 Å². The summed E-state index contributed by atoms with van der Waals surface area (Å²) in [6, 6.07) is 6.99. The van der Waals surface area contributed by atoms with Gasteiger partial charge in [0.25, 0.3) is 5.91 Å². The predicted octanol–water partition coefficient (Wildman–Crippen LogP) is 1.06. The first-order valence-electron chi connectivity index (χ1n) is 5.47. The number of alkyl halides is 1. The quantitative estimate of drug-likeness (QED) is 0.533. The zero-order valence-electron chi connectivity index (χ0n) is 9.82. The van der Waals surface area contributed by atoms with Gasteiger partial charge in [0.15, 0.2) is 0 Å². The summed E-state index contributed by atoms with van der Waals surface area (Å²) in [6.45, 7) is 0.459. The maximum atomic E-state index is 11.8. The van der Waals surface area contributed by atoms with Crippen LogP contribution in [0.4, 0.5) is 5.69 Å². The van der Waals surface area contributed by atoms with E-state index in [1.54, 1.807) is 24.3 Å². The number of anilines is 1. The maximum absolute atomic E-state index is 11.8. The molecule has 0 aliphatic rings. The molecule has 1 rings (SSSR count). The third kappa shape index (κ3) is 4.28. The number of aliphatic hydroxyl groups is 1. The number of benzene rings is 1. The number of hydrogen-bond donors (Lipinski definition) is 3. The molecular formula is C13H15ClN2O2. The van der Waals surface area contributed by atoms with Gasteiger partial charge in [-0.25, -0.2) is 0 Å². The van der Waals surface area contributed by atoms with E-state index in [1.807, 2.05) is 0 Å². The highest BCUT2D eigenvalue weighted by atomic mass is 35.5. The summed E-state index contributed by atoms with van der Waals surface area (Å²) in [5, 5.41) is 14.9. The van der Waals surface area contributed by atoms with Crippen LogP contribution in [-0.2, 0) is 0 Å². The third-order valence-electron chi connectivity index (χ3n) is 2.23. The van der Waals surface area contributed by atoms with Gasteiger partial charge in [-0.2, -0.15) is 0 Å². The van der Waals surface area contributed by atoms with Crippen molar-refractivity contribution in [2.45, 2.75) is 6.10 Å². The van der Waals surface area contributed by atoms with Gasteiger partial charge in [0, 0.05) is 12.2 Å². The van der Waals surface area contributed by atoms with Crippen molar-refractivity contribution < 1.29 is 9.90 Å². The zero-order chi connectivity index (χ0) is 13.4. The molecule has 1 aromatic rings. The Morgan fingerprint density at radius 2 is 2.22 bits per heavy atom.